The Morgan fingerprint density at radius 3 is 2.69 bits per heavy atom. The van der Waals surface area contributed by atoms with Crippen LogP contribution in [0.25, 0.3) is 0 Å². The van der Waals surface area contributed by atoms with Crippen LogP contribution in [0.2, 0.25) is 0 Å². The number of aliphatic hydroxyl groups is 1. The first-order chi connectivity index (χ1) is 16.8. The van der Waals surface area contributed by atoms with Crippen LogP contribution in [-0.4, -0.2) is 49.5 Å². The summed E-state index contributed by atoms with van der Waals surface area (Å²) in [6, 6.07) is 7.56. The normalized spacial score (nSPS) is 28.5. The van der Waals surface area contributed by atoms with E-state index in [1.165, 1.54) is 4.88 Å². The fourth-order valence-electron chi connectivity index (χ4n) is 6.11. The van der Waals surface area contributed by atoms with E-state index in [4.69, 9.17) is 19.2 Å². The van der Waals surface area contributed by atoms with Gasteiger partial charge in [-0.05, 0) is 60.8 Å². The summed E-state index contributed by atoms with van der Waals surface area (Å²) in [5.41, 5.74) is 1.08. The SMILES string of the molecule is COCCNC(=O)C(C)C1CCC2(C)Cc3sc(COc4ccc(OC)cc4)nc3C(C)C2C1O. The monoisotopic (exact) mass is 502 g/mol. The number of carbonyl (C=O) groups is 1. The number of methoxy groups -OCH3 is 2. The molecule has 0 radical (unpaired) electrons. The zero-order valence-electron chi connectivity index (χ0n) is 21.4. The maximum absolute atomic E-state index is 12.7. The second-order valence-corrected chi connectivity index (χ2v) is 11.5. The van der Waals surface area contributed by atoms with Gasteiger partial charge in [0.15, 0.2) is 0 Å². The van der Waals surface area contributed by atoms with Crippen LogP contribution in [0.15, 0.2) is 24.3 Å². The average Bonchev–Trinajstić information content (AvgIpc) is 3.25. The number of nitrogens with one attached hydrogen (secondary N) is 1. The summed E-state index contributed by atoms with van der Waals surface area (Å²) in [5.74, 6) is 1.45. The van der Waals surface area contributed by atoms with Crippen molar-refractivity contribution < 1.29 is 24.1 Å². The molecule has 1 aromatic heterocycles. The van der Waals surface area contributed by atoms with E-state index in [0.717, 1.165) is 41.5 Å². The molecule has 0 aliphatic heterocycles. The molecule has 2 aromatic rings. The molecule has 1 amide bonds. The van der Waals surface area contributed by atoms with E-state index in [-0.39, 0.29) is 35.0 Å². The fraction of sp³-hybridized carbons (Fsp3) is 0.630. The molecule has 1 aromatic carbocycles. The van der Waals surface area contributed by atoms with Gasteiger partial charge >= 0.3 is 0 Å². The van der Waals surface area contributed by atoms with Gasteiger partial charge in [0.2, 0.25) is 5.91 Å². The lowest BCUT2D eigenvalue weighted by atomic mass is 9.53. The van der Waals surface area contributed by atoms with Crippen LogP contribution in [0, 0.1) is 23.2 Å². The molecular formula is C27H38N2O5S. The molecule has 6 unspecified atom stereocenters. The molecule has 192 valence electrons. The Bertz CT molecular complexity index is 1010. The lowest BCUT2D eigenvalue weighted by molar-refractivity contribution is -0.135. The minimum absolute atomic E-state index is 0.00474. The molecule has 8 heteroatoms. The van der Waals surface area contributed by atoms with Crippen LogP contribution in [0.3, 0.4) is 0 Å². The van der Waals surface area contributed by atoms with Crippen LogP contribution in [0.4, 0.5) is 0 Å². The molecule has 0 spiro atoms. The number of thiazole rings is 1. The first kappa shape index (κ1) is 25.9. The van der Waals surface area contributed by atoms with Crippen LogP contribution < -0.4 is 14.8 Å². The number of rotatable bonds is 9. The van der Waals surface area contributed by atoms with E-state index < -0.39 is 6.10 Å². The first-order valence-corrected chi connectivity index (χ1v) is 13.3. The standard InChI is InChI=1S/C27H38N2O5S/c1-16(26(31)28-12-13-32-4)20-10-11-27(3)14-21-24(17(2)23(27)25(20)30)29-22(35-21)15-34-19-8-6-18(33-5)7-9-19/h6-9,16-17,20,23,25,30H,10-15H2,1-5H3,(H,28,31). The van der Waals surface area contributed by atoms with Gasteiger partial charge in [0, 0.05) is 30.4 Å². The Morgan fingerprint density at radius 1 is 1.29 bits per heavy atom. The number of amides is 1. The number of aliphatic hydroxyl groups excluding tert-OH is 1. The Kier molecular flexibility index (Phi) is 8.03. The lowest BCUT2D eigenvalue weighted by Gasteiger charge is -2.53. The summed E-state index contributed by atoms with van der Waals surface area (Å²) in [6.45, 7) is 7.82. The van der Waals surface area contributed by atoms with Gasteiger partial charge in [0.1, 0.15) is 23.1 Å². The zero-order valence-corrected chi connectivity index (χ0v) is 22.2. The lowest BCUT2D eigenvalue weighted by Crippen LogP contribution is -2.53. The number of fused-ring (bicyclic) bond motifs is 2. The number of ether oxygens (including phenoxy) is 3. The van der Waals surface area contributed by atoms with E-state index in [0.29, 0.717) is 19.8 Å². The summed E-state index contributed by atoms with van der Waals surface area (Å²) >= 11 is 1.73. The number of carbonyl (C=O) groups excluding carboxylic acids is 1. The molecule has 7 nitrogen and oxygen atoms in total. The first-order valence-electron chi connectivity index (χ1n) is 12.5. The van der Waals surface area contributed by atoms with Crippen molar-refractivity contribution in [3.8, 4) is 11.5 Å². The summed E-state index contributed by atoms with van der Waals surface area (Å²) in [5, 5.41) is 15.4. The highest BCUT2D eigenvalue weighted by Gasteiger charge is 2.53. The second-order valence-electron chi connectivity index (χ2n) is 10.3. The van der Waals surface area contributed by atoms with Crippen LogP contribution in [0.1, 0.15) is 55.1 Å². The minimum atomic E-state index is -0.541. The van der Waals surface area contributed by atoms with Crippen molar-refractivity contribution in [1.82, 2.24) is 10.3 Å². The highest BCUT2D eigenvalue weighted by atomic mass is 32.1. The zero-order chi connectivity index (χ0) is 25.2. The number of hydrogen-bond donors (Lipinski definition) is 2. The molecule has 0 saturated heterocycles. The molecule has 2 aliphatic carbocycles. The van der Waals surface area contributed by atoms with Crippen LogP contribution in [0.5, 0.6) is 11.5 Å². The average molecular weight is 503 g/mol. The third-order valence-electron chi connectivity index (χ3n) is 8.05. The number of aromatic nitrogens is 1. The van der Waals surface area contributed by atoms with E-state index in [1.54, 1.807) is 25.6 Å². The molecule has 35 heavy (non-hydrogen) atoms. The van der Waals surface area contributed by atoms with Gasteiger partial charge < -0.3 is 24.6 Å². The smallest absolute Gasteiger partial charge is 0.223 e. The highest BCUT2D eigenvalue weighted by molar-refractivity contribution is 7.11. The van der Waals surface area contributed by atoms with Crippen molar-refractivity contribution in [2.75, 3.05) is 27.4 Å². The van der Waals surface area contributed by atoms with Crippen molar-refractivity contribution in [2.45, 2.75) is 58.7 Å². The summed E-state index contributed by atoms with van der Waals surface area (Å²) in [6.07, 6.45) is 2.21. The van der Waals surface area contributed by atoms with Gasteiger partial charge in [0.05, 0.1) is 25.5 Å². The van der Waals surface area contributed by atoms with Gasteiger partial charge in [-0.25, -0.2) is 4.98 Å². The van der Waals surface area contributed by atoms with E-state index >= 15 is 0 Å². The second kappa shape index (κ2) is 10.8. The molecule has 6 atom stereocenters. The fourth-order valence-corrected chi connectivity index (χ4v) is 7.39. The summed E-state index contributed by atoms with van der Waals surface area (Å²) in [4.78, 5) is 19.0. The van der Waals surface area contributed by atoms with Gasteiger partial charge in [0.25, 0.3) is 0 Å². The molecular weight excluding hydrogens is 464 g/mol. The van der Waals surface area contributed by atoms with Gasteiger partial charge in [-0.2, -0.15) is 0 Å². The number of hydrogen-bond acceptors (Lipinski definition) is 7. The quantitative estimate of drug-likeness (QED) is 0.500. The molecule has 1 fully saturated rings. The number of benzene rings is 1. The molecule has 0 bridgehead atoms. The van der Waals surface area contributed by atoms with Crippen molar-refractivity contribution in [2.24, 2.45) is 23.2 Å². The van der Waals surface area contributed by atoms with E-state index in [2.05, 4.69) is 19.2 Å². The van der Waals surface area contributed by atoms with Crippen molar-refractivity contribution in [3.05, 3.63) is 39.8 Å². The van der Waals surface area contributed by atoms with Crippen molar-refractivity contribution in [3.63, 3.8) is 0 Å². The Balaban J connectivity index is 1.46. The highest BCUT2D eigenvalue weighted by Crippen LogP contribution is 2.57. The van der Waals surface area contributed by atoms with Crippen molar-refractivity contribution in [1.29, 1.82) is 0 Å². The van der Waals surface area contributed by atoms with E-state index in [1.807, 2.05) is 31.2 Å². The minimum Gasteiger partial charge on any atom is -0.497 e. The third kappa shape index (κ3) is 5.34. The molecule has 1 saturated carbocycles. The van der Waals surface area contributed by atoms with E-state index in [9.17, 15) is 9.90 Å². The topological polar surface area (TPSA) is 89.9 Å². The largest absolute Gasteiger partial charge is 0.497 e. The van der Waals surface area contributed by atoms with Gasteiger partial charge in [-0.1, -0.05) is 20.8 Å². The third-order valence-corrected chi connectivity index (χ3v) is 9.09. The van der Waals surface area contributed by atoms with Gasteiger partial charge in [-0.15, -0.1) is 11.3 Å². The van der Waals surface area contributed by atoms with Crippen LogP contribution in [-0.2, 0) is 22.6 Å². The molecule has 1 heterocycles. The Hall–Kier alpha value is -2.16. The summed E-state index contributed by atoms with van der Waals surface area (Å²) < 4.78 is 16.2. The molecule has 2 aliphatic rings. The predicted molar refractivity (Wildman–Crippen MR) is 136 cm³/mol. The maximum Gasteiger partial charge on any atom is 0.223 e. The maximum atomic E-state index is 12.7. The Labute approximate surface area is 212 Å². The van der Waals surface area contributed by atoms with Gasteiger partial charge in [-0.3, -0.25) is 4.79 Å². The predicted octanol–water partition coefficient (Wildman–Crippen LogP) is 4.18. The van der Waals surface area contributed by atoms with Crippen molar-refractivity contribution >= 4 is 17.2 Å². The summed E-state index contributed by atoms with van der Waals surface area (Å²) in [7, 11) is 3.27. The Morgan fingerprint density at radius 2 is 2.00 bits per heavy atom. The molecule has 4 rings (SSSR count). The van der Waals surface area contributed by atoms with Crippen LogP contribution >= 0.6 is 11.3 Å². The number of nitrogens with zero attached hydrogens (tertiary/aromatic N) is 1. The molecule has 2 N–H and O–H groups in total.